The van der Waals surface area contributed by atoms with Crippen LogP contribution in [0.25, 0.3) is 0 Å². The van der Waals surface area contributed by atoms with Crippen LogP contribution in [0.5, 0.6) is 5.75 Å². The molecule has 21 heavy (non-hydrogen) atoms. The Kier molecular flexibility index (Phi) is 3.82. The number of ether oxygens (including phenoxy) is 1. The normalized spacial score (nSPS) is 16.9. The molecule has 1 unspecified atom stereocenters. The molecule has 3 heteroatoms. The molecule has 0 saturated heterocycles. The van der Waals surface area contributed by atoms with Crippen molar-refractivity contribution in [1.82, 2.24) is 0 Å². The van der Waals surface area contributed by atoms with Gasteiger partial charge in [-0.05, 0) is 74.2 Å². The lowest BCUT2D eigenvalue weighted by atomic mass is 10.1. The predicted molar refractivity (Wildman–Crippen MR) is 83.3 cm³/mol. The van der Waals surface area contributed by atoms with Crippen molar-refractivity contribution in [2.24, 2.45) is 0 Å². The predicted octanol–water partition coefficient (Wildman–Crippen LogP) is 4.71. The Bertz CT molecular complexity index is 622. The zero-order valence-electron chi connectivity index (χ0n) is 12.4. The molecule has 0 heterocycles. The lowest BCUT2D eigenvalue weighted by Crippen LogP contribution is -2.08. The van der Waals surface area contributed by atoms with Crippen molar-refractivity contribution in [1.29, 1.82) is 0 Å². The third kappa shape index (κ3) is 3.18. The Labute approximate surface area is 125 Å². The lowest BCUT2D eigenvalue weighted by molar-refractivity contribution is 0.242. The van der Waals surface area contributed by atoms with Crippen molar-refractivity contribution in [2.45, 2.75) is 38.8 Å². The van der Waals surface area contributed by atoms with Gasteiger partial charge in [-0.3, -0.25) is 0 Å². The van der Waals surface area contributed by atoms with Gasteiger partial charge in [0.15, 0.2) is 0 Å². The van der Waals surface area contributed by atoms with Crippen LogP contribution in [0.2, 0.25) is 0 Å². The molecule has 1 N–H and O–H groups in total. The summed E-state index contributed by atoms with van der Waals surface area (Å²) in [5.74, 6) is 0.731. The highest BCUT2D eigenvalue weighted by Gasteiger charge is 2.22. The molecule has 1 atom stereocenters. The van der Waals surface area contributed by atoms with Crippen molar-refractivity contribution in [3.05, 3.63) is 59.4 Å². The topological polar surface area (TPSA) is 21.3 Å². The van der Waals surface area contributed by atoms with Crippen LogP contribution >= 0.6 is 0 Å². The Morgan fingerprint density at radius 3 is 2.62 bits per heavy atom. The van der Waals surface area contributed by atoms with Gasteiger partial charge in [0.25, 0.3) is 0 Å². The highest BCUT2D eigenvalue weighted by molar-refractivity contribution is 5.50. The van der Waals surface area contributed by atoms with Crippen LogP contribution in [0.1, 0.15) is 37.4 Å². The summed E-state index contributed by atoms with van der Waals surface area (Å²) in [7, 11) is 0. The molecule has 2 aromatic rings. The lowest BCUT2D eigenvalue weighted by Gasteiger charge is -2.16. The fraction of sp³-hybridized carbons (Fsp3) is 0.333. The largest absolute Gasteiger partial charge is 0.491 e. The van der Waals surface area contributed by atoms with Gasteiger partial charge in [-0.25, -0.2) is 4.39 Å². The van der Waals surface area contributed by atoms with Gasteiger partial charge < -0.3 is 10.1 Å². The van der Waals surface area contributed by atoms with Gasteiger partial charge in [0.1, 0.15) is 11.6 Å². The van der Waals surface area contributed by atoms with Gasteiger partial charge in [-0.15, -0.1) is 0 Å². The molecular weight excluding hydrogens is 265 g/mol. The summed E-state index contributed by atoms with van der Waals surface area (Å²) in [5.41, 5.74) is 3.39. The van der Waals surface area contributed by atoms with Crippen LogP contribution in [0, 0.1) is 5.82 Å². The second-order valence-corrected chi connectivity index (χ2v) is 5.77. The Balaban J connectivity index is 1.71. The number of hydrogen-bond acceptors (Lipinski definition) is 2. The molecule has 0 radical (unpaired) electrons. The first-order chi connectivity index (χ1) is 10.1. The molecule has 0 aliphatic heterocycles. The van der Waals surface area contributed by atoms with E-state index in [1.165, 1.54) is 5.56 Å². The Morgan fingerprint density at radius 2 is 1.90 bits per heavy atom. The zero-order chi connectivity index (χ0) is 14.8. The van der Waals surface area contributed by atoms with Gasteiger partial charge in [-0.1, -0.05) is 6.07 Å². The highest BCUT2D eigenvalue weighted by Crippen LogP contribution is 2.34. The van der Waals surface area contributed by atoms with Gasteiger partial charge in [0.05, 0.1) is 12.1 Å². The van der Waals surface area contributed by atoms with Crippen LogP contribution < -0.4 is 10.1 Å². The van der Waals surface area contributed by atoms with E-state index in [2.05, 4.69) is 5.32 Å². The van der Waals surface area contributed by atoms with Crippen LogP contribution in [0.4, 0.5) is 10.1 Å². The molecule has 1 aliphatic carbocycles. The van der Waals surface area contributed by atoms with E-state index in [9.17, 15) is 4.39 Å². The summed E-state index contributed by atoms with van der Waals surface area (Å²) in [6, 6.07) is 13.3. The average Bonchev–Trinajstić information content (AvgIpc) is 2.83. The summed E-state index contributed by atoms with van der Waals surface area (Å²) < 4.78 is 18.9. The molecular formula is C18H20FNO. The summed E-state index contributed by atoms with van der Waals surface area (Å²) in [6.45, 7) is 4.03. The molecule has 1 aliphatic rings. The first-order valence-electron chi connectivity index (χ1n) is 7.43. The third-order valence-electron chi connectivity index (χ3n) is 3.75. The first-order valence-corrected chi connectivity index (χ1v) is 7.43. The van der Waals surface area contributed by atoms with E-state index in [1.54, 1.807) is 12.1 Å². The quantitative estimate of drug-likeness (QED) is 0.878. The third-order valence-corrected chi connectivity index (χ3v) is 3.75. The molecule has 2 aromatic carbocycles. The average molecular weight is 285 g/mol. The smallest absolute Gasteiger partial charge is 0.123 e. The van der Waals surface area contributed by atoms with Crippen molar-refractivity contribution >= 4 is 5.69 Å². The summed E-state index contributed by atoms with van der Waals surface area (Å²) in [4.78, 5) is 0. The van der Waals surface area contributed by atoms with E-state index in [0.717, 1.165) is 29.8 Å². The standard InChI is InChI=1S/C18H20FNO/c1-12(2)21-16-7-5-15(6-8-16)20-18-10-3-13-11-14(19)4-9-17(13)18/h4-9,11-12,18,20H,3,10H2,1-2H3. The van der Waals surface area contributed by atoms with Crippen molar-refractivity contribution in [3.63, 3.8) is 0 Å². The fourth-order valence-corrected chi connectivity index (χ4v) is 2.84. The minimum absolute atomic E-state index is 0.149. The minimum atomic E-state index is -0.149. The maximum absolute atomic E-state index is 13.2. The molecule has 110 valence electrons. The molecule has 3 rings (SSSR count). The molecule has 0 bridgehead atoms. The number of nitrogens with one attached hydrogen (secondary N) is 1. The molecule has 0 amide bonds. The number of anilines is 1. The van der Waals surface area contributed by atoms with E-state index in [0.29, 0.717) is 0 Å². The van der Waals surface area contributed by atoms with E-state index in [1.807, 2.05) is 44.2 Å². The fourth-order valence-electron chi connectivity index (χ4n) is 2.84. The zero-order valence-corrected chi connectivity index (χ0v) is 12.4. The van der Waals surface area contributed by atoms with Gasteiger partial charge >= 0.3 is 0 Å². The second kappa shape index (κ2) is 5.76. The Morgan fingerprint density at radius 1 is 1.14 bits per heavy atom. The molecule has 0 aromatic heterocycles. The maximum atomic E-state index is 13.2. The number of fused-ring (bicyclic) bond motifs is 1. The molecule has 2 nitrogen and oxygen atoms in total. The van der Waals surface area contributed by atoms with Crippen LogP contribution in [-0.2, 0) is 6.42 Å². The summed E-state index contributed by atoms with van der Waals surface area (Å²) in [6.07, 6.45) is 2.11. The van der Waals surface area contributed by atoms with E-state index in [-0.39, 0.29) is 18.0 Å². The summed E-state index contributed by atoms with van der Waals surface area (Å²) in [5, 5.41) is 3.52. The number of aryl methyl sites for hydroxylation is 1. The first kappa shape index (κ1) is 13.9. The van der Waals surface area contributed by atoms with Gasteiger partial charge in [0, 0.05) is 5.69 Å². The SMILES string of the molecule is CC(C)Oc1ccc(NC2CCc3cc(F)ccc32)cc1. The molecule has 0 spiro atoms. The number of halogens is 1. The maximum Gasteiger partial charge on any atom is 0.123 e. The van der Waals surface area contributed by atoms with Crippen molar-refractivity contribution in [3.8, 4) is 5.75 Å². The van der Waals surface area contributed by atoms with Gasteiger partial charge in [-0.2, -0.15) is 0 Å². The molecule has 0 saturated carbocycles. The monoisotopic (exact) mass is 285 g/mol. The molecule has 0 fully saturated rings. The Hall–Kier alpha value is -2.03. The van der Waals surface area contributed by atoms with Crippen LogP contribution in [-0.4, -0.2) is 6.10 Å². The minimum Gasteiger partial charge on any atom is -0.491 e. The van der Waals surface area contributed by atoms with E-state index >= 15 is 0 Å². The van der Waals surface area contributed by atoms with Gasteiger partial charge in [0.2, 0.25) is 0 Å². The van der Waals surface area contributed by atoms with E-state index in [4.69, 9.17) is 4.74 Å². The number of benzene rings is 2. The van der Waals surface area contributed by atoms with Crippen LogP contribution in [0.3, 0.4) is 0 Å². The highest BCUT2D eigenvalue weighted by atomic mass is 19.1. The number of hydrogen-bond donors (Lipinski definition) is 1. The van der Waals surface area contributed by atoms with Crippen LogP contribution in [0.15, 0.2) is 42.5 Å². The second-order valence-electron chi connectivity index (χ2n) is 5.77. The van der Waals surface area contributed by atoms with Crippen molar-refractivity contribution in [2.75, 3.05) is 5.32 Å². The van der Waals surface area contributed by atoms with E-state index < -0.39 is 0 Å². The summed E-state index contributed by atoms with van der Waals surface area (Å²) >= 11 is 0. The number of rotatable bonds is 4. The van der Waals surface area contributed by atoms with Crippen molar-refractivity contribution < 1.29 is 9.13 Å².